The SMILES string of the molecule is c1ccc(-c2nc3cc4oc5c(N(c6ccc7oc8ccccc8c7c6)c6ccc7c8ccccc8n(-c8ccccc8)c7c6)cccc5c4cc3o2)cc1. The molecular weight excluding hydrogens is 679 g/mol. The van der Waals surface area contributed by atoms with Gasteiger partial charge in [-0.1, -0.05) is 91.0 Å². The summed E-state index contributed by atoms with van der Waals surface area (Å²) in [5, 5.41) is 6.48. The van der Waals surface area contributed by atoms with E-state index in [9.17, 15) is 0 Å². The molecule has 0 spiro atoms. The van der Waals surface area contributed by atoms with E-state index >= 15 is 0 Å². The van der Waals surface area contributed by atoms with Gasteiger partial charge < -0.3 is 22.7 Å². The van der Waals surface area contributed by atoms with Crippen LogP contribution in [0.25, 0.3) is 93.9 Å². The maximum Gasteiger partial charge on any atom is 0.227 e. The summed E-state index contributed by atoms with van der Waals surface area (Å²) in [7, 11) is 0. The van der Waals surface area contributed by atoms with Crippen molar-refractivity contribution >= 4 is 93.8 Å². The lowest BCUT2D eigenvalue weighted by molar-refractivity contribution is 0.620. The fraction of sp³-hybridized carbons (Fsp3) is 0. The van der Waals surface area contributed by atoms with Crippen molar-refractivity contribution in [2.45, 2.75) is 0 Å². The number of rotatable bonds is 5. The summed E-state index contributed by atoms with van der Waals surface area (Å²) in [5.41, 5.74) is 11.9. The van der Waals surface area contributed by atoms with E-state index in [0.29, 0.717) is 11.5 Å². The van der Waals surface area contributed by atoms with Gasteiger partial charge >= 0.3 is 0 Å². The fourth-order valence-electron chi connectivity index (χ4n) is 8.32. The molecule has 0 unspecified atom stereocenters. The van der Waals surface area contributed by atoms with Crippen molar-refractivity contribution < 1.29 is 13.3 Å². The molecule has 0 fully saturated rings. The molecule has 4 heterocycles. The first-order chi connectivity index (χ1) is 27.2. The smallest absolute Gasteiger partial charge is 0.227 e. The number of aromatic nitrogens is 2. The molecule has 0 atom stereocenters. The third kappa shape index (κ3) is 4.52. The molecule has 0 aliphatic heterocycles. The van der Waals surface area contributed by atoms with Crippen LogP contribution in [0.4, 0.5) is 17.1 Å². The molecule has 0 amide bonds. The molecule has 12 rings (SSSR count). The molecule has 12 aromatic rings. The predicted molar refractivity (Wildman–Crippen MR) is 223 cm³/mol. The summed E-state index contributed by atoms with van der Waals surface area (Å²) >= 11 is 0. The van der Waals surface area contributed by atoms with Crippen LogP contribution in [0.2, 0.25) is 0 Å². The molecule has 8 aromatic carbocycles. The molecule has 55 heavy (non-hydrogen) atoms. The highest BCUT2D eigenvalue weighted by Crippen LogP contribution is 2.46. The number of hydrogen-bond acceptors (Lipinski definition) is 5. The maximum atomic E-state index is 6.85. The van der Waals surface area contributed by atoms with E-state index in [-0.39, 0.29) is 0 Å². The molecule has 0 saturated heterocycles. The molecule has 4 aromatic heterocycles. The number of oxazole rings is 1. The Morgan fingerprint density at radius 2 is 1.11 bits per heavy atom. The quantitative estimate of drug-likeness (QED) is 0.178. The van der Waals surface area contributed by atoms with Crippen LogP contribution < -0.4 is 4.90 Å². The fourth-order valence-corrected chi connectivity index (χ4v) is 8.32. The standard InChI is InChI=1S/C49H29N3O3/c1-3-12-30(13-4-1)49-50-40-29-46-39(28-47(40)55-49)37-18-11-20-42(48(37)54-46)51(32-23-25-45-38(26-32)36-17-8-10-21-44(36)53-45)33-22-24-35-34-16-7-9-19-41(34)52(43(35)27-33)31-14-5-2-6-15-31/h1-29H. The lowest BCUT2D eigenvalue weighted by Crippen LogP contribution is -2.10. The van der Waals surface area contributed by atoms with Gasteiger partial charge in [0.05, 0.1) is 16.7 Å². The molecule has 0 bridgehead atoms. The number of nitrogens with zero attached hydrogens (tertiary/aromatic N) is 3. The van der Waals surface area contributed by atoms with E-state index in [1.54, 1.807) is 0 Å². The largest absolute Gasteiger partial charge is 0.456 e. The van der Waals surface area contributed by atoms with Gasteiger partial charge in [-0.2, -0.15) is 0 Å². The van der Waals surface area contributed by atoms with E-state index in [1.165, 1.54) is 10.8 Å². The Labute approximate surface area is 313 Å². The summed E-state index contributed by atoms with van der Waals surface area (Å²) < 4.78 is 21.8. The number of furan rings is 2. The second-order valence-corrected chi connectivity index (χ2v) is 14.0. The summed E-state index contributed by atoms with van der Waals surface area (Å²) in [4.78, 5) is 7.14. The van der Waals surface area contributed by atoms with Crippen molar-refractivity contribution in [1.82, 2.24) is 9.55 Å². The Kier molecular flexibility index (Phi) is 6.24. The van der Waals surface area contributed by atoms with E-state index < -0.39 is 0 Å². The summed E-state index contributed by atoms with van der Waals surface area (Å²) in [6.07, 6.45) is 0. The normalized spacial score (nSPS) is 12.0. The van der Waals surface area contributed by atoms with Gasteiger partial charge in [0.15, 0.2) is 11.2 Å². The molecule has 0 saturated carbocycles. The number of fused-ring (bicyclic) bond motifs is 10. The molecule has 6 heteroatoms. The van der Waals surface area contributed by atoms with E-state index in [1.807, 2.05) is 48.5 Å². The maximum absolute atomic E-state index is 6.85. The molecular formula is C49H29N3O3. The van der Waals surface area contributed by atoms with E-state index in [2.05, 4.69) is 137 Å². The average Bonchev–Trinajstić information content (AvgIpc) is 4.01. The van der Waals surface area contributed by atoms with Gasteiger partial charge in [-0.3, -0.25) is 0 Å². The number of benzene rings is 8. The van der Waals surface area contributed by atoms with Crippen LogP contribution in [-0.4, -0.2) is 9.55 Å². The van der Waals surface area contributed by atoms with Crippen LogP contribution in [0, 0.1) is 0 Å². The van der Waals surface area contributed by atoms with Crippen molar-refractivity contribution in [3.05, 3.63) is 176 Å². The third-order valence-electron chi connectivity index (χ3n) is 10.8. The predicted octanol–water partition coefficient (Wildman–Crippen LogP) is 13.9. The zero-order chi connectivity index (χ0) is 36.0. The highest BCUT2D eigenvalue weighted by atomic mass is 16.4. The second kappa shape index (κ2) is 11.5. The Hall–Kier alpha value is -7.57. The first kappa shape index (κ1) is 29.9. The van der Waals surface area contributed by atoms with Gasteiger partial charge in [0.1, 0.15) is 22.3 Å². The zero-order valence-electron chi connectivity index (χ0n) is 29.3. The first-order valence-electron chi connectivity index (χ1n) is 18.4. The number of anilines is 3. The topological polar surface area (TPSA) is 60.5 Å². The van der Waals surface area contributed by atoms with Crippen LogP contribution in [0.15, 0.2) is 189 Å². The minimum absolute atomic E-state index is 0.588. The lowest BCUT2D eigenvalue weighted by atomic mass is 10.1. The molecule has 0 N–H and O–H groups in total. The average molecular weight is 708 g/mol. The van der Waals surface area contributed by atoms with Crippen molar-refractivity contribution in [2.75, 3.05) is 4.90 Å². The van der Waals surface area contributed by atoms with Crippen LogP contribution in [0.1, 0.15) is 0 Å². The molecule has 0 aliphatic carbocycles. The number of para-hydroxylation sites is 4. The van der Waals surface area contributed by atoms with Gasteiger partial charge in [0.2, 0.25) is 5.89 Å². The van der Waals surface area contributed by atoms with E-state index in [4.69, 9.17) is 18.2 Å². The minimum Gasteiger partial charge on any atom is -0.456 e. The Morgan fingerprint density at radius 1 is 0.418 bits per heavy atom. The van der Waals surface area contributed by atoms with Crippen LogP contribution >= 0.6 is 0 Å². The zero-order valence-corrected chi connectivity index (χ0v) is 29.3. The first-order valence-corrected chi connectivity index (χ1v) is 18.4. The van der Waals surface area contributed by atoms with E-state index in [0.717, 1.165) is 88.7 Å². The molecule has 0 aliphatic rings. The van der Waals surface area contributed by atoms with Gasteiger partial charge in [-0.05, 0) is 78.9 Å². The van der Waals surface area contributed by atoms with Gasteiger partial charge in [-0.25, -0.2) is 4.98 Å². The summed E-state index contributed by atoms with van der Waals surface area (Å²) in [6.45, 7) is 0. The van der Waals surface area contributed by atoms with Gasteiger partial charge in [0, 0.05) is 61.0 Å². The van der Waals surface area contributed by atoms with Gasteiger partial charge in [-0.15, -0.1) is 0 Å². The van der Waals surface area contributed by atoms with Crippen molar-refractivity contribution in [3.63, 3.8) is 0 Å². The Bertz CT molecular complexity index is 3440. The highest BCUT2D eigenvalue weighted by Gasteiger charge is 2.23. The van der Waals surface area contributed by atoms with Crippen molar-refractivity contribution in [3.8, 4) is 17.1 Å². The summed E-state index contributed by atoms with van der Waals surface area (Å²) in [5.74, 6) is 0.588. The highest BCUT2D eigenvalue weighted by molar-refractivity contribution is 6.15. The minimum atomic E-state index is 0.588. The number of hydrogen-bond donors (Lipinski definition) is 0. The molecule has 6 nitrogen and oxygen atoms in total. The molecule has 0 radical (unpaired) electrons. The third-order valence-corrected chi connectivity index (χ3v) is 10.8. The van der Waals surface area contributed by atoms with Crippen molar-refractivity contribution in [1.29, 1.82) is 0 Å². The second-order valence-electron chi connectivity index (χ2n) is 14.0. The van der Waals surface area contributed by atoms with Gasteiger partial charge in [0.25, 0.3) is 0 Å². The Morgan fingerprint density at radius 3 is 2.00 bits per heavy atom. The monoisotopic (exact) mass is 707 g/mol. The van der Waals surface area contributed by atoms with Crippen LogP contribution in [-0.2, 0) is 0 Å². The van der Waals surface area contributed by atoms with Crippen LogP contribution in [0.5, 0.6) is 0 Å². The Balaban J connectivity index is 1.11. The van der Waals surface area contributed by atoms with Crippen LogP contribution in [0.3, 0.4) is 0 Å². The lowest BCUT2D eigenvalue weighted by Gasteiger charge is -2.26. The molecule has 258 valence electrons. The van der Waals surface area contributed by atoms with Crippen molar-refractivity contribution in [2.24, 2.45) is 0 Å². The summed E-state index contributed by atoms with van der Waals surface area (Å²) in [6, 6.07) is 60.9.